The highest BCUT2D eigenvalue weighted by Gasteiger charge is 2.25. The lowest BCUT2D eigenvalue weighted by Gasteiger charge is -2.16. The molecule has 0 N–H and O–H groups in total. The van der Waals surface area contributed by atoms with Gasteiger partial charge in [-0.3, -0.25) is 9.88 Å². The highest BCUT2D eigenvalue weighted by atomic mass is 16.7. The first-order chi connectivity index (χ1) is 14.2. The van der Waals surface area contributed by atoms with Gasteiger partial charge in [0, 0.05) is 43.3 Å². The minimum atomic E-state index is 0.296. The molecule has 0 bridgehead atoms. The number of hydrogen-bond donors (Lipinski definition) is 0. The van der Waals surface area contributed by atoms with Crippen molar-refractivity contribution >= 4 is 0 Å². The van der Waals surface area contributed by atoms with Gasteiger partial charge in [0.25, 0.3) is 0 Å². The molecule has 0 aliphatic carbocycles. The number of hydrogen-bond acceptors (Lipinski definition) is 4. The van der Waals surface area contributed by atoms with Crippen molar-refractivity contribution in [2.75, 3.05) is 19.9 Å². The van der Waals surface area contributed by atoms with E-state index in [-0.39, 0.29) is 0 Å². The summed E-state index contributed by atoms with van der Waals surface area (Å²) in [6.45, 7) is 7.99. The van der Waals surface area contributed by atoms with Crippen molar-refractivity contribution < 1.29 is 9.47 Å². The first-order valence-corrected chi connectivity index (χ1v) is 10.4. The number of fused-ring (bicyclic) bond motifs is 1. The highest BCUT2D eigenvalue weighted by molar-refractivity contribution is 5.65. The van der Waals surface area contributed by atoms with Crippen molar-refractivity contribution in [1.82, 2.24) is 14.5 Å². The Kier molecular flexibility index (Phi) is 4.76. The topological polar surface area (TPSA) is 39.5 Å². The fourth-order valence-electron chi connectivity index (χ4n) is 4.30. The third-order valence-corrected chi connectivity index (χ3v) is 5.97. The molecule has 2 aromatic heterocycles. The maximum atomic E-state index is 5.52. The quantitative estimate of drug-likeness (QED) is 0.625. The van der Waals surface area contributed by atoms with Crippen LogP contribution in [0.5, 0.6) is 11.5 Å². The van der Waals surface area contributed by atoms with Crippen LogP contribution < -0.4 is 9.47 Å². The Bertz CT molecular complexity index is 1010. The van der Waals surface area contributed by atoms with E-state index in [2.05, 4.69) is 65.0 Å². The summed E-state index contributed by atoms with van der Waals surface area (Å²) in [6.07, 6.45) is 7.59. The molecule has 1 saturated heterocycles. The fourth-order valence-corrected chi connectivity index (χ4v) is 4.30. The monoisotopic (exact) mass is 389 g/mol. The predicted octanol–water partition coefficient (Wildman–Crippen LogP) is 4.85. The SMILES string of the molecule is CC(C)n1ccc(CN2CC[C@H](c3ccnc(-c4ccc5c(c4)OCO5)c3)C2)c1. The molecule has 2 aliphatic rings. The Labute approximate surface area is 171 Å². The van der Waals surface area contributed by atoms with Gasteiger partial charge in [-0.05, 0) is 80.3 Å². The normalized spacial score (nSPS) is 18.7. The number of ether oxygens (including phenoxy) is 2. The van der Waals surface area contributed by atoms with Crippen molar-refractivity contribution in [3.05, 3.63) is 66.1 Å². The van der Waals surface area contributed by atoms with Crippen molar-refractivity contribution in [2.45, 2.75) is 38.8 Å². The molecule has 5 nitrogen and oxygen atoms in total. The van der Waals surface area contributed by atoms with Crippen LogP contribution in [0.2, 0.25) is 0 Å². The molecule has 2 aliphatic heterocycles. The molecule has 0 spiro atoms. The molecule has 0 saturated carbocycles. The van der Waals surface area contributed by atoms with E-state index in [4.69, 9.17) is 9.47 Å². The van der Waals surface area contributed by atoms with Crippen molar-refractivity contribution in [3.63, 3.8) is 0 Å². The van der Waals surface area contributed by atoms with E-state index in [0.29, 0.717) is 18.8 Å². The van der Waals surface area contributed by atoms with E-state index in [1.165, 1.54) is 17.5 Å². The Morgan fingerprint density at radius 3 is 2.86 bits per heavy atom. The summed E-state index contributed by atoms with van der Waals surface area (Å²) in [7, 11) is 0. The zero-order chi connectivity index (χ0) is 19.8. The Balaban J connectivity index is 1.28. The van der Waals surface area contributed by atoms with E-state index >= 15 is 0 Å². The number of likely N-dealkylation sites (tertiary alicyclic amines) is 1. The van der Waals surface area contributed by atoms with Crippen LogP contribution in [0.3, 0.4) is 0 Å². The van der Waals surface area contributed by atoms with E-state index in [1.807, 2.05) is 18.3 Å². The number of pyridine rings is 1. The van der Waals surface area contributed by atoms with Crippen LogP contribution in [0.1, 0.15) is 43.4 Å². The minimum Gasteiger partial charge on any atom is -0.454 e. The first-order valence-electron chi connectivity index (χ1n) is 10.4. The molecule has 1 aromatic carbocycles. The van der Waals surface area contributed by atoms with Gasteiger partial charge in [0.15, 0.2) is 11.5 Å². The third kappa shape index (κ3) is 3.75. The summed E-state index contributed by atoms with van der Waals surface area (Å²) in [5.74, 6) is 2.16. The van der Waals surface area contributed by atoms with Crippen molar-refractivity contribution in [3.8, 4) is 22.8 Å². The second-order valence-corrected chi connectivity index (χ2v) is 8.32. The van der Waals surface area contributed by atoms with E-state index < -0.39 is 0 Å². The smallest absolute Gasteiger partial charge is 0.231 e. The molecular weight excluding hydrogens is 362 g/mol. The first kappa shape index (κ1) is 18.3. The molecule has 0 radical (unpaired) electrons. The largest absolute Gasteiger partial charge is 0.454 e. The second-order valence-electron chi connectivity index (χ2n) is 8.32. The molecule has 150 valence electrons. The summed E-state index contributed by atoms with van der Waals surface area (Å²) in [5, 5.41) is 0. The van der Waals surface area contributed by atoms with Crippen LogP contribution in [0.25, 0.3) is 11.3 Å². The number of benzene rings is 1. The van der Waals surface area contributed by atoms with Crippen LogP contribution >= 0.6 is 0 Å². The average Bonchev–Trinajstić information content (AvgIpc) is 3.48. The molecule has 1 atom stereocenters. The van der Waals surface area contributed by atoms with Gasteiger partial charge in [0.05, 0.1) is 5.69 Å². The summed E-state index contributed by atoms with van der Waals surface area (Å²) in [6, 6.07) is 13.2. The highest BCUT2D eigenvalue weighted by Crippen LogP contribution is 2.36. The van der Waals surface area contributed by atoms with Crippen molar-refractivity contribution in [1.29, 1.82) is 0 Å². The lowest BCUT2D eigenvalue weighted by Crippen LogP contribution is -2.19. The Morgan fingerprint density at radius 1 is 1.10 bits per heavy atom. The van der Waals surface area contributed by atoms with Crippen LogP contribution in [0.4, 0.5) is 0 Å². The molecule has 1 fully saturated rings. The van der Waals surface area contributed by atoms with Gasteiger partial charge >= 0.3 is 0 Å². The molecule has 29 heavy (non-hydrogen) atoms. The maximum Gasteiger partial charge on any atom is 0.231 e. The maximum absolute atomic E-state index is 5.52. The van der Waals surface area contributed by atoms with E-state index in [1.54, 1.807) is 0 Å². The molecule has 0 unspecified atom stereocenters. The molecule has 4 heterocycles. The van der Waals surface area contributed by atoms with Crippen LogP contribution in [-0.4, -0.2) is 34.3 Å². The summed E-state index contributed by atoms with van der Waals surface area (Å²) < 4.78 is 13.2. The lowest BCUT2D eigenvalue weighted by atomic mass is 9.97. The average molecular weight is 389 g/mol. The van der Waals surface area contributed by atoms with Gasteiger partial charge < -0.3 is 14.0 Å². The standard InChI is InChI=1S/C24H27N3O2/c1-17(2)27-10-6-18(14-27)13-26-9-7-21(15-26)19-5-8-25-22(11-19)20-3-4-23-24(12-20)29-16-28-23/h3-6,8,10-12,14,17,21H,7,9,13,15-16H2,1-2H3/t21-/m0/s1. The third-order valence-electron chi connectivity index (χ3n) is 5.97. The van der Waals surface area contributed by atoms with Crippen LogP contribution in [-0.2, 0) is 6.54 Å². The van der Waals surface area contributed by atoms with E-state index in [0.717, 1.165) is 42.4 Å². The molecule has 0 amide bonds. The molecule has 5 heteroatoms. The number of aromatic nitrogens is 2. The molecule has 5 rings (SSSR count). The van der Waals surface area contributed by atoms with Crippen LogP contribution in [0, 0.1) is 0 Å². The lowest BCUT2D eigenvalue weighted by molar-refractivity contribution is 0.174. The predicted molar refractivity (Wildman–Crippen MR) is 113 cm³/mol. The number of rotatable bonds is 5. The second kappa shape index (κ2) is 7.56. The van der Waals surface area contributed by atoms with Crippen molar-refractivity contribution in [2.24, 2.45) is 0 Å². The molecular formula is C24H27N3O2. The summed E-state index contributed by atoms with van der Waals surface area (Å²) in [4.78, 5) is 7.16. The zero-order valence-corrected chi connectivity index (χ0v) is 17.0. The van der Waals surface area contributed by atoms with Gasteiger partial charge in [-0.25, -0.2) is 0 Å². The van der Waals surface area contributed by atoms with Crippen LogP contribution in [0.15, 0.2) is 55.0 Å². The van der Waals surface area contributed by atoms with E-state index in [9.17, 15) is 0 Å². The Morgan fingerprint density at radius 2 is 2.00 bits per heavy atom. The van der Waals surface area contributed by atoms with Gasteiger partial charge in [-0.1, -0.05) is 0 Å². The fraction of sp³-hybridized carbons (Fsp3) is 0.375. The summed E-state index contributed by atoms with van der Waals surface area (Å²) in [5.41, 5.74) is 4.83. The Hall–Kier alpha value is -2.79. The minimum absolute atomic E-state index is 0.296. The van der Waals surface area contributed by atoms with Gasteiger partial charge in [-0.2, -0.15) is 0 Å². The van der Waals surface area contributed by atoms with Gasteiger partial charge in [-0.15, -0.1) is 0 Å². The zero-order valence-electron chi connectivity index (χ0n) is 17.0. The summed E-state index contributed by atoms with van der Waals surface area (Å²) >= 11 is 0. The van der Waals surface area contributed by atoms with Gasteiger partial charge in [0.2, 0.25) is 6.79 Å². The number of nitrogens with zero attached hydrogens (tertiary/aromatic N) is 3. The molecule has 3 aromatic rings. The van der Waals surface area contributed by atoms with Gasteiger partial charge in [0.1, 0.15) is 0 Å².